The maximum absolute atomic E-state index is 10.6. The minimum Gasteiger partial charge on any atom is -0.477 e. The molecule has 2 rings (SSSR count). The van der Waals surface area contributed by atoms with Crippen molar-refractivity contribution in [2.45, 2.75) is 13.3 Å². The van der Waals surface area contributed by atoms with Crippen LogP contribution in [0.15, 0.2) is 29.4 Å². The molecule has 0 atom stereocenters. The van der Waals surface area contributed by atoms with E-state index in [9.17, 15) is 4.79 Å². The standard InChI is InChI=1S/C11H12N2O2/c1-8(11(14)15)12-13-7-6-9-4-2-3-5-10(9)13/h2-5H,6-7H2,1H3,(H,14,15)/b12-8+. The summed E-state index contributed by atoms with van der Waals surface area (Å²) < 4.78 is 0. The largest absolute Gasteiger partial charge is 0.477 e. The van der Waals surface area contributed by atoms with Crippen molar-refractivity contribution in [1.82, 2.24) is 0 Å². The molecule has 0 spiro atoms. The molecule has 0 aliphatic carbocycles. The molecule has 1 aliphatic rings. The van der Waals surface area contributed by atoms with E-state index < -0.39 is 5.97 Å². The number of hydrazone groups is 1. The Hall–Kier alpha value is -1.84. The predicted octanol–water partition coefficient (Wildman–Crippen LogP) is 1.51. The van der Waals surface area contributed by atoms with Crippen molar-refractivity contribution < 1.29 is 9.90 Å². The van der Waals surface area contributed by atoms with Gasteiger partial charge in [-0.15, -0.1) is 0 Å². The number of aliphatic carboxylic acids is 1. The third kappa shape index (κ3) is 1.83. The van der Waals surface area contributed by atoms with Crippen LogP contribution >= 0.6 is 0 Å². The molecule has 4 heteroatoms. The number of para-hydroxylation sites is 1. The van der Waals surface area contributed by atoms with Crippen molar-refractivity contribution in [1.29, 1.82) is 0 Å². The number of hydrogen-bond donors (Lipinski definition) is 1. The lowest BCUT2D eigenvalue weighted by molar-refractivity contribution is -0.129. The second-order valence-electron chi connectivity index (χ2n) is 3.49. The first-order valence-electron chi connectivity index (χ1n) is 4.82. The highest BCUT2D eigenvalue weighted by Crippen LogP contribution is 2.27. The van der Waals surface area contributed by atoms with Gasteiger partial charge in [0.15, 0.2) is 0 Å². The third-order valence-corrected chi connectivity index (χ3v) is 2.44. The van der Waals surface area contributed by atoms with E-state index in [1.54, 1.807) is 5.01 Å². The minimum atomic E-state index is -0.973. The zero-order chi connectivity index (χ0) is 10.8. The Morgan fingerprint density at radius 3 is 2.93 bits per heavy atom. The van der Waals surface area contributed by atoms with E-state index in [1.165, 1.54) is 12.5 Å². The van der Waals surface area contributed by atoms with E-state index in [0.29, 0.717) is 0 Å². The number of benzene rings is 1. The van der Waals surface area contributed by atoms with E-state index >= 15 is 0 Å². The van der Waals surface area contributed by atoms with Gasteiger partial charge in [0.25, 0.3) is 0 Å². The molecule has 15 heavy (non-hydrogen) atoms. The first kappa shape index (κ1) is 9.71. The summed E-state index contributed by atoms with van der Waals surface area (Å²) >= 11 is 0. The van der Waals surface area contributed by atoms with Crippen LogP contribution in [-0.4, -0.2) is 23.3 Å². The van der Waals surface area contributed by atoms with E-state index in [1.807, 2.05) is 24.3 Å². The smallest absolute Gasteiger partial charge is 0.351 e. The SMILES string of the molecule is C/C(=N\N1CCc2ccccc21)C(=O)O. The Morgan fingerprint density at radius 2 is 2.20 bits per heavy atom. The van der Waals surface area contributed by atoms with Gasteiger partial charge in [-0.05, 0) is 25.0 Å². The summed E-state index contributed by atoms with van der Waals surface area (Å²) in [6, 6.07) is 7.92. The second kappa shape index (κ2) is 3.73. The highest BCUT2D eigenvalue weighted by atomic mass is 16.4. The van der Waals surface area contributed by atoms with Crippen LogP contribution < -0.4 is 5.01 Å². The van der Waals surface area contributed by atoms with Gasteiger partial charge in [-0.3, -0.25) is 5.01 Å². The van der Waals surface area contributed by atoms with Gasteiger partial charge in [-0.1, -0.05) is 18.2 Å². The summed E-state index contributed by atoms with van der Waals surface area (Å²) in [5, 5.41) is 14.5. The van der Waals surface area contributed by atoms with E-state index in [2.05, 4.69) is 5.10 Å². The van der Waals surface area contributed by atoms with Gasteiger partial charge in [-0.25, -0.2) is 4.79 Å². The van der Waals surface area contributed by atoms with Gasteiger partial charge in [0.1, 0.15) is 5.71 Å². The van der Waals surface area contributed by atoms with Crippen LogP contribution in [0.25, 0.3) is 0 Å². The lowest BCUT2D eigenvalue weighted by Gasteiger charge is -2.12. The van der Waals surface area contributed by atoms with Gasteiger partial charge in [0.05, 0.1) is 5.69 Å². The Bertz CT molecular complexity index is 426. The molecule has 1 aliphatic heterocycles. The first-order valence-corrected chi connectivity index (χ1v) is 4.82. The highest BCUT2D eigenvalue weighted by molar-refractivity contribution is 6.34. The molecule has 0 saturated heterocycles. The molecular weight excluding hydrogens is 192 g/mol. The molecule has 78 valence electrons. The van der Waals surface area contributed by atoms with Crippen LogP contribution in [0.3, 0.4) is 0 Å². The van der Waals surface area contributed by atoms with Gasteiger partial charge >= 0.3 is 5.97 Å². The molecule has 0 saturated carbocycles. The van der Waals surface area contributed by atoms with E-state index in [0.717, 1.165) is 18.7 Å². The van der Waals surface area contributed by atoms with Crippen LogP contribution in [0.4, 0.5) is 5.69 Å². The van der Waals surface area contributed by atoms with Crippen molar-refractivity contribution in [2.24, 2.45) is 5.10 Å². The minimum absolute atomic E-state index is 0.117. The monoisotopic (exact) mass is 204 g/mol. The van der Waals surface area contributed by atoms with Crippen molar-refractivity contribution in [3.8, 4) is 0 Å². The molecule has 0 radical (unpaired) electrons. The Kier molecular flexibility index (Phi) is 2.41. The Morgan fingerprint density at radius 1 is 1.47 bits per heavy atom. The topological polar surface area (TPSA) is 52.9 Å². The maximum Gasteiger partial charge on any atom is 0.351 e. The van der Waals surface area contributed by atoms with Crippen LogP contribution in [0.1, 0.15) is 12.5 Å². The quantitative estimate of drug-likeness (QED) is 0.743. The summed E-state index contributed by atoms with van der Waals surface area (Å²) in [5.74, 6) is -0.973. The van der Waals surface area contributed by atoms with Gasteiger partial charge in [-0.2, -0.15) is 5.10 Å². The highest BCUT2D eigenvalue weighted by Gasteiger charge is 2.18. The zero-order valence-corrected chi connectivity index (χ0v) is 8.47. The van der Waals surface area contributed by atoms with Crippen molar-refractivity contribution in [2.75, 3.05) is 11.6 Å². The molecule has 0 amide bonds. The summed E-state index contributed by atoms with van der Waals surface area (Å²) in [7, 11) is 0. The normalized spacial score (nSPS) is 15.3. The fourth-order valence-electron chi connectivity index (χ4n) is 1.65. The summed E-state index contributed by atoms with van der Waals surface area (Å²) in [5.41, 5.74) is 2.35. The number of anilines is 1. The molecule has 0 bridgehead atoms. The number of hydrogen-bond acceptors (Lipinski definition) is 3. The Balaban J connectivity index is 2.28. The average molecular weight is 204 g/mol. The molecule has 1 heterocycles. The van der Waals surface area contributed by atoms with Crippen LogP contribution in [-0.2, 0) is 11.2 Å². The summed E-state index contributed by atoms with van der Waals surface area (Å²) in [4.78, 5) is 10.6. The number of carboxylic acid groups (broad SMARTS) is 1. The number of carboxylic acids is 1. The van der Waals surface area contributed by atoms with Crippen LogP contribution in [0, 0.1) is 0 Å². The fourth-order valence-corrected chi connectivity index (χ4v) is 1.65. The molecule has 1 N–H and O–H groups in total. The zero-order valence-electron chi connectivity index (χ0n) is 8.47. The molecule has 0 fully saturated rings. The fraction of sp³-hybridized carbons (Fsp3) is 0.273. The molecule has 4 nitrogen and oxygen atoms in total. The number of carbonyl (C=O) groups is 1. The number of rotatable bonds is 2. The third-order valence-electron chi connectivity index (χ3n) is 2.44. The predicted molar refractivity (Wildman–Crippen MR) is 58.2 cm³/mol. The number of fused-ring (bicyclic) bond motifs is 1. The Labute approximate surface area is 87.8 Å². The summed E-state index contributed by atoms with van der Waals surface area (Å²) in [6.45, 7) is 2.26. The van der Waals surface area contributed by atoms with Crippen LogP contribution in [0.5, 0.6) is 0 Å². The molecule has 1 aromatic rings. The average Bonchev–Trinajstić information content (AvgIpc) is 2.62. The van der Waals surface area contributed by atoms with Crippen molar-refractivity contribution in [3.05, 3.63) is 29.8 Å². The second-order valence-corrected chi connectivity index (χ2v) is 3.49. The van der Waals surface area contributed by atoms with E-state index in [-0.39, 0.29) is 5.71 Å². The lowest BCUT2D eigenvalue weighted by Crippen LogP contribution is -2.19. The first-order chi connectivity index (χ1) is 7.18. The molecule has 0 unspecified atom stereocenters. The number of nitrogens with zero attached hydrogens (tertiary/aromatic N) is 2. The molecular formula is C11H12N2O2. The summed E-state index contributed by atoms with van der Waals surface area (Å²) in [6.07, 6.45) is 0.923. The van der Waals surface area contributed by atoms with Gasteiger partial charge in [0, 0.05) is 6.54 Å². The lowest BCUT2D eigenvalue weighted by atomic mass is 10.2. The van der Waals surface area contributed by atoms with Gasteiger partial charge in [0.2, 0.25) is 0 Å². The van der Waals surface area contributed by atoms with Crippen LogP contribution in [0.2, 0.25) is 0 Å². The van der Waals surface area contributed by atoms with Crippen molar-refractivity contribution >= 4 is 17.4 Å². The molecule has 1 aromatic carbocycles. The van der Waals surface area contributed by atoms with Crippen molar-refractivity contribution in [3.63, 3.8) is 0 Å². The maximum atomic E-state index is 10.6. The van der Waals surface area contributed by atoms with Gasteiger partial charge < -0.3 is 5.11 Å². The molecule has 0 aromatic heterocycles. The van der Waals surface area contributed by atoms with E-state index in [4.69, 9.17) is 5.11 Å².